The standard InChI is InChI=1S/C30H31N7O/c1-20-17-35(19-24(20)16-31)29-21(2)18-37-28(33-29)15-25(34-37)27-10-6-7-13-36(27)30(38)26-14-23(11-12-32-26)22-8-4-3-5-9-22/h3-5,8-9,11-12,14-15,18,20,24,27H,6-7,10,13,17,19H2,1-2H3/t20-,24+,27-/m0/s1. The van der Waals surface area contributed by atoms with Crippen LogP contribution in [0, 0.1) is 30.1 Å². The van der Waals surface area contributed by atoms with Crippen molar-refractivity contribution < 1.29 is 4.79 Å². The minimum absolute atomic E-state index is 0.0173. The third-order valence-corrected chi connectivity index (χ3v) is 7.89. The van der Waals surface area contributed by atoms with E-state index in [1.54, 1.807) is 6.20 Å². The number of carbonyl (C=O) groups is 1. The minimum Gasteiger partial charge on any atom is -0.355 e. The maximum atomic E-state index is 13.7. The summed E-state index contributed by atoms with van der Waals surface area (Å²) < 4.78 is 1.82. The van der Waals surface area contributed by atoms with Gasteiger partial charge in [-0.1, -0.05) is 37.3 Å². The molecule has 8 nitrogen and oxygen atoms in total. The van der Waals surface area contributed by atoms with Crippen LogP contribution in [0.25, 0.3) is 16.8 Å². The Morgan fingerprint density at radius 2 is 1.92 bits per heavy atom. The number of nitriles is 1. The molecule has 0 aliphatic carbocycles. The molecule has 0 N–H and O–H groups in total. The number of aryl methyl sites for hydroxylation is 1. The molecular formula is C30H31N7O. The van der Waals surface area contributed by atoms with E-state index in [1.807, 2.05) is 71.1 Å². The third-order valence-electron chi connectivity index (χ3n) is 7.89. The Balaban J connectivity index is 1.29. The number of benzene rings is 1. The second-order valence-electron chi connectivity index (χ2n) is 10.5. The van der Waals surface area contributed by atoms with Crippen molar-refractivity contribution in [3.05, 3.63) is 77.9 Å². The third kappa shape index (κ3) is 4.38. The van der Waals surface area contributed by atoms with E-state index >= 15 is 0 Å². The molecule has 2 aliphatic heterocycles. The molecule has 4 aromatic rings. The average molecular weight is 506 g/mol. The van der Waals surface area contributed by atoms with Crippen molar-refractivity contribution in [2.24, 2.45) is 11.8 Å². The predicted octanol–water partition coefficient (Wildman–Crippen LogP) is 5.06. The van der Waals surface area contributed by atoms with Gasteiger partial charge in [-0.15, -0.1) is 0 Å². The molecule has 2 aliphatic rings. The molecule has 0 spiro atoms. The number of rotatable bonds is 4. The molecule has 1 aromatic carbocycles. The molecule has 192 valence electrons. The largest absolute Gasteiger partial charge is 0.355 e. The quantitative estimate of drug-likeness (QED) is 0.385. The lowest BCUT2D eigenvalue weighted by atomic mass is 9.98. The van der Waals surface area contributed by atoms with Gasteiger partial charge in [0.25, 0.3) is 5.91 Å². The number of anilines is 1. The van der Waals surface area contributed by atoms with Crippen molar-refractivity contribution in [2.45, 2.75) is 39.2 Å². The van der Waals surface area contributed by atoms with Gasteiger partial charge in [0, 0.05) is 43.7 Å². The first-order chi connectivity index (χ1) is 18.5. The highest BCUT2D eigenvalue weighted by Crippen LogP contribution is 2.34. The zero-order valence-corrected chi connectivity index (χ0v) is 21.8. The number of nitrogens with zero attached hydrogens (tertiary/aromatic N) is 7. The topological polar surface area (TPSA) is 90.4 Å². The Bertz CT molecular complexity index is 1520. The van der Waals surface area contributed by atoms with Gasteiger partial charge >= 0.3 is 0 Å². The van der Waals surface area contributed by atoms with Crippen molar-refractivity contribution in [2.75, 3.05) is 24.5 Å². The smallest absolute Gasteiger partial charge is 0.273 e. The molecule has 0 unspecified atom stereocenters. The molecule has 0 bridgehead atoms. The molecule has 5 heterocycles. The Morgan fingerprint density at radius 1 is 1.08 bits per heavy atom. The summed E-state index contributed by atoms with van der Waals surface area (Å²) in [6, 6.07) is 18.2. The SMILES string of the molecule is Cc1cn2nc([C@@H]3CCCCN3C(=O)c3cc(-c4ccccc4)ccn3)cc2nc1N1C[C@@H](C#N)[C@@H](C)C1. The predicted molar refractivity (Wildman–Crippen MR) is 146 cm³/mol. The highest BCUT2D eigenvalue weighted by atomic mass is 16.2. The molecular weight excluding hydrogens is 474 g/mol. The fraction of sp³-hybridized carbons (Fsp3) is 0.367. The second kappa shape index (κ2) is 9.90. The molecule has 38 heavy (non-hydrogen) atoms. The van der Waals surface area contributed by atoms with Crippen LogP contribution in [0.15, 0.2) is 60.9 Å². The van der Waals surface area contributed by atoms with E-state index in [4.69, 9.17) is 10.1 Å². The van der Waals surface area contributed by atoms with E-state index in [0.717, 1.165) is 59.7 Å². The van der Waals surface area contributed by atoms with E-state index in [0.29, 0.717) is 24.7 Å². The first kappa shape index (κ1) is 24.1. The lowest BCUT2D eigenvalue weighted by Gasteiger charge is -2.34. The normalized spacial score (nSPS) is 21.6. The number of piperidine rings is 1. The van der Waals surface area contributed by atoms with Crippen LogP contribution in [0.2, 0.25) is 0 Å². The van der Waals surface area contributed by atoms with Crippen LogP contribution in [0.5, 0.6) is 0 Å². The molecule has 2 saturated heterocycles. The number of fused-ring (bicyclic) bond motifs is 1. The molecule has 3 atom stereocenters. The van der Waals surface area contributed by atoms with Gasteiger partial charge < -0.3 is 9.80 Å². The average Bonchev–Trinajstić information content (AvgIpc) is 3.55. The Kier molecular flexibility index (Phi) is 6.28. The molecule has 8 heteroatoms. The van der Waals surface area contributed by atoms with E-state index in [-0.39, 0.29) is 17.9 Å². The summed E-state index contributed by atoms with van der Waals surface area (Å²) in [6.45, 7) is 6.35. The van der Waals surface area contributed by atoms with Gasteiger partial charge in [-0.2, -0.15) is 10.4 Å². The number of hydrogen-bond acceptors (Lipinski definition) is 6. The lowest BCUT2D eigenvalue weighted by molar-refractivity contribution is 0.0599. The lowest BCUT2D eigenvalue weighted by Crippen LogP contribution is -2.39. The summed E-state index contributed by atoms with van der Waals surface area (Å²) in [5.74, 6) is 1.17. The summed E-state index contributed by atoms with van der Waals surface area (Å²) in [7, 11) is 0. The maximum Gasteiger partial charge on any atom is 0.273 e. The molecule has 0 radical (unpaired) electrons. The number of pyridine rings is 1. The van der Waals surface area contributed by atoms with Crippen molar-refractivity contribution >= 4 is 17.4 Å². The van der Waals surface area contributed by atoms with Crippen molar-refractivity contribution in [1.82, 2.24) is 24.5 Å². The van der Waals surface area contributed by atoms with Crippen LogP contribution in [-0.2, 0) is 0 Å². The monoisotopic (exact) mass is 505 g/mol. The van der Waals surface area contributed by atoms with Gasteiger partial charge in [0.1, 0.15) is 11.5 Å². The first-order valence-electron chi connectivity index (χ1n) is 13.4. The summed E-state index contributed by atoms with van der Waals surface area (Å²) in [5, 5.41) is 14.3. The fourth-order valence-corrected chi connectivity index (χ4v) is 5.80. The van der Waals surface area contributed by atoms with Crippen LogP contribution >= 0.6 is 0 Å². The highest BCUT2D eigenvalue weighted by Gasteiger charge is 2.33. The number of hydrogen-bond donors (Lipinski definition) is 0. The maximum absolute atomic E-state index is 13.7. The van der Waals surface area contributed by atoms with Crippen LogP contribution in [0.4, 0.5) is 5.82 Å². The zero-order chi connectivity index (χ0) is 26.2. The molecule has 6 rings (SSSR count). The number of carbonyl (C=O) groups excluding carboxylic acids is 1. The Morgan fingerprint density at radius 3 is 2.71 bits per heavy atom. The number of aromatic nitrogens is 4. The van der Waals surface area contributed by atoms with Gasteiger partial charge in [0.05, 0.1) is 23.7 Å². The van der Waals surface area contributed by atoms with E-state index in [9.17, 15) is 10.1 Å². The van der Waals surface area contributed by atoms with E-state index in [1.165, 1.54) is 0 Å². The summed E-state index contributed by atoms with van der Waals surface area (Å²) >= 11 is 0. The molecule has 0 saturated carbocycles. The Labute approximate surface area is 222 Å². The van der Waals surface area contributed by atoms with Crippen LogP contribution < -0.4 is 4.90 Å². The van der Waals surface area contributed by atoms with Gasteiger partial charge in [-0.05, 0) is 55.4 Å². The second-order valence-corrected chi connectivity index (χ2v) is 10.5. The van der Waals surface area contributed by atoms with Crippen molar-refractivity contribution in [3.8, 4) is 17.2 Å². The van der Waals surface area contributed by atoms with Crippen LogP contribution in [0.1, 0.15) is 54.0 Å². The number of amides is 1. The van der Waals surface area contributed by atoms with Crippen LogP contribution in [0.3, 0.4) is 0 Å². The fourth-order valence-electron chi connectivity index (χ4n) is 5.80. The summed E-state index contributed by atoms with van der Waals surface area (Å²) in [4.78, 5) is 27.3. The van der Waals surface area contributed by atoms with Crippen molar-refractivity contribution in [3.63, 3.8) is 0 Å². The zero-order valence-electron chi connectivity index (χ0n) is 21.8. The van der Waals surface area contributed by atoms with Gasteiger partial charge in [0.15, 0.2) is 5.65 Å². The van der Waals surface area contributed by atoms with E-state index in [2.05, 4.69) is 22.9 Å². The van der Waals surface area contributed by atoms with Gasteiger partial charge in [-0.25, -0.2) is 9.50 Å². The molecule has 2 fully saturated rings. The van der Waals surface area contributed by atoms with Gasteiger partial charge in [-0.3, -0.25) is 9.78 Å². The first-order valence-corrected chi connectivity index (χ1v) is 13.4. The minimum atomic E-state index is -0.126. The van der Waals surface area contributed by atoms with Gasteiger partial charge in [0.2, 0.25) is 0 Å². The molecule has 3 aromatic heterocycles. The highest BCUT2D eigenvalue weighted by molar-refractivity contribution is 5.94. The van der Waals surface area contributed by atoms with Crippen LogP contribution in [-0.4, -0.2) is 50.0 Å². The number of likely N-dealkylation sites (tertiary alicyclic amines) is 1. The summed E-state index contributed by atoms with van der Waals surface area (Å²) in [5.41, 5.74) is 5.13. The Hall–Kier alpha value is -4.25. The summed E-state index contributed by atoms with van der Waals surface area (Å²) in [6.07, 6.45) is 6.57. The van der Waals surface area contributed by atoms with E-state index < -0.39 is 0 Å². The molecule has 1 amide bonds. The van der Waals surface area contributed by atoms with Crippen molar-refractivity contribution in [1.29, 1.82) is 5.26 Å².